The summed E-state index contributed by atoms with van der Waals surface area (Å²) in [5.41, 5.74) is 1.11. The molecule has 0 atom stereocenters. The second-order valence-electron chi connectivity index (χ2n) is 6.43. The molecule has 0 nitrogen and oxygen atoms in total. The molecule has 0 unspecified atom stereocenters. The van der Waals surface area contributed by atoms with E-state index < -0.39 is 16.9 Å². The van der Waals surface area contributed by atoms with Gasteiger partial charge in [0.15, 0.2) is 0 Å². The van der Waals surface area contributed by atoms with E-state index in [2.05, 4.69) is 29.6 Å². The molecule has 2 aliphatic heterocycles. The van der Waals surface area contributed by atoms with Gasteiger partial charge in [0.1, 0.15) is 11.6 Å². The Kier molecular flexibility index (Phi) is 5.53. The fourth-order valence-electron chi connectivity index (χ4n) is 3.34. The Morgan fingerprint density at radius 1 is 0.727 bits per heavy atom. The second-order valence-corrected chi connectivity index (χ2v) is 20.6. The van der Waals surface area contributed by atoms with E-state index in [9.17, 15) is 8.78 Å². The molecule has 2 aliphatic rings. The van der Waals surface area contributed by atoms with Gasteiger partial charge in [-0.1, -0.05) is 0 Å². The predicted molar refractivity (Wildman–Crippen MR) is 105 cm³/mol. The molecule has 0 spiro atoms. The molecule has 6 heteroatoms. The lowest BCUT2D eigenvalue weighted by Crippen LogP contribution is -2.05. The Hall–Kier alpha value is 0.740. The van der Waals surface area contributed by atoms with Gasteiger partial charge in [0.25, 0.3) is 0 Å². The highest BCUT2D eigenvalue weighted by Crippen LogP contribution is 2.64. The smallest absolute Gasteiger partial charge is 0.127 e. The number of benzene rings is 1. The lowest BCUT2D eigenvalue weighted by Gasteiger charge is -2.29. The standard InChI is InChI=1S/C16H22Br2F2S2/c17-21(5-1-2-6-21)11-13-9-16(20)14(10-15(13)19)12-22(18)7-3-4-8-22/h9-10H,1-8,11-12H2. The van der Waals surface area contributed by atoms with Crippen LogP contribution in [0.2, 0.25) is 0 Å². The van der Waals surface area contributed by atoms with Gasteiger partial charge in [-0.2, -0.15) is 16.9 Å². The predicted octanol–water partition coefficient (Wildman–Crippen LogP) is 6.78. The summed E-state index contributed by atoms with van der Waals surface area (Å²) in [6.07, 6.45) is 4.83. The van der Waals surface area contributed by atoms with Gasteiger partial charge in [-0.25, -0.2) is 8.78 Å². The van der Waals surface area contributed by atoms with E-state index in [1.165, 1.54) is 37.8 Å². The summed E-state index contributed by atoms with van der Waals surface area (Å²) in [6.45, 7) is 0. The number of rotatable bonds is 4. The minimum atomic E-state index is -0.942. The van der Waals surface area contributed by atoms with Crippen molar-refractivity contribution in [3.63, 3.8) is 0 Å². The molecule has 2 heterocycles. The van der Waals surface area contributed by atoms with Crippen LogP contribution in [0.4, 0.5) is 8.78 Å². The van der Waals surface area contributed by atoms with Crippen LogP contribution in [0.5, 0.6) is 0 Å². The summed E-state index contributed by atoms with van der Waals surface area (Å²) >= 11 is 7.66. The topological polar surface area (TPSA) is 0 Å². The maximum atomic E-state index is 14.5. The molecule has 0 amide bonds. The van der Waals surface area contributed by atoms with Crippen LogP contribution in [0, 0.1) is 11.6 Å². The first-order valence-electron chi connectivity index (χ1n) is 7.78. The third-order valence-corrected chi connectivity index (χ3v) is 15.6. The molecule has 0 aromatic heterocycles. The third kappa shape index (κ3) is 4.04. The average Bonchev–Trinajstić information content (AvgIpc) is 3.05. The maximum absolute atomic E-state index is 14.5. The van der Waals surface area contributed by atoms with Crippen LogP contribution in [0.3, 0.4) is 0 Å². The van der Waals surface area contributed by atoms with Crippen molar-refractivity contribution in [1.29, 1.82) is 0 Å². The Bertz CT molecular complexity index is 504. The molecule has 2 fully saturated rings. The highest BCUT2D eigenvalue weighted by molar-refractivity contribution is 9.58. The highest BCUT2D eigenvalue weighted by atomic mass is 79.9. The normalized spacial score (nSPS) is 26.0. The van der Waals surface area contributed by atoms with Crippen molar-refractivity contribution in [2.75, 3.05) is 23.0 Å². The Morgan fingerprint density at radius 3 is 1.36 bits per heavy atom. The lowest BCUT2D eigenvalue weighted by molar-refractivity contribution is 0.583. The average molecular weight is 476 g/mol. The van der Waals surface area contributed by atoms with E-state index in [4.69, 9.17) is 0 Å². The van der Waals surface area contributed by atoms with Crippen molar-refractivity contribution in [3.8, 4) is 0 Å². The Labute approximate surface area is 149 Å². The van der Waals surface area contributed by atoms with Crippen molar-refractivity contribution in [1.82, 2.24) is 0 Å². The molecule has 0 N–H and O–H groups in total. The van der Waals surface area contributed by atoms with Crippen LogP contribution in [0.1, 0.15) is 36.8 Å². The summed E-state index contributed by atoms with van der Waals surface area (Å²) in [5.74, 6) is 5.42. The van der Waals surface area contributed by atoms with Gasteiger partial charge < -0.3 is 0 Å². The van der Waals surface area contributed by atoms with E-state index in [0.717, 1.165) is 23.0 Å². The van der Waals surface area contributed by atoms with Crippen molar-refractivity contribution in [2.24, 2.45) is 0 Å². The first kappa shape index (κ1) is 17.6. The third-order valence-electron chi connectivity index (χ3n) is 4.58. The van der Waals surface area contributed by atoms with E-state index in [1.54, 1.807) is 0 Å². The number of hydrogen-bond acceptors (Lipinski definition) is 0. The highest BCUT2D eigenvalue weighted by Gasteiger charge is 2.29. The van der Waals surface area contributed by atoms with Gasteiger partial charge in [-0.05, 0) is 102 Å². The Balaban J connectivity index is 1.78. The summed E-state index contributed by atoms with van der Waals surface area (Å²) in [6, 6.07) is 2.92. The lowest BCUT2D eigenvalue weighted by atomic mass is 10.1. The molecule has 0 aliphatic carbocycles. The van der Waals surface area contributed by atoms with Crippen molar-refractivity contribution in [3.05, 3.63) is 34.9 Å². The molecular formula is C16H22Br2F2S2. The SMILES string of the molecule is Fc1cc(CS2(Br)CCCC2)c(F)cc1CS1(Br)CCCC1. The number of halogens is 4. The molecule has 2 saturated heterocycles. The first-order chi connectivity index (χ1) is 10.4. The zero-order valence-electron chi connectivity index (χ0n) is 12.6. The van der Waals surface area contributed by atoms with Gasteiger partial charge in [0, 0.05) is 11.5 Å². The van der Waals surface area contributed by atoms with Gasteiger partial charge in [-0.15, -0.1) is 0 Å². The van der Waals surface area contributed by atoms with Crippen LogP contribution in [-0.2, 0) is 11.5 Å². The van der Waals surface area contributed by atoms with E-state index in [1.807, 2.05) is 0 Å². The quantitative estimate of drug-likeness (QED) is 0.450. The van der Waals surface area contributed by atoms with Crippen LogP contribution < -0.4 is 0 Å². The van der Waals surface area contributed by atoms with Gasteiger partial charge in [0.2, 0.25) is 0 Å². The van der Waals surface area contributed by atoms with E-state index in [0.29, 0.717) is 22.6 Å². The molecule has 1 aromatic carbocycles. The molecule has 22 heavy (non-hydrogen) atoms. The van der Waals surface area contributed by atoms with Crippen LogP contribution >= 0.6 is 46.5 Å². The first-order valence-corrected chi connectivity index (χ1v) is 15.7. The molecule has 3 rings (SSSR count). The summed E-state index contributed by atoms with van der Waals surface area (Å²) in [4.78, 5) is 0. The fraction of sp³-hybridized carbons (Fsp3) is 0.625. The summed E-state index contributed by atoms with van der Waals surface area (Å²) in [7, 11) is -1.88. The summed E-state index contributed by atoms with van der Waals surface area (Å²) in [5, 5.41) is 0. The van der Waals surface area contributed by atoms with Crippen molar-refractivity contribution in [2.45, 2.75) is 37.2 Å². The van der Waals surface area contributed by atoms with E-state index in [-0.39, 0.29) is 11.6 Å². The van der Waals surface area contributed by atoms with E-state index >= 15 is 0 Å². The molecule has 1 aromatic rings. The van der Waals surface area contributed by atoms with Gasteiger partial charge in [-0.3, -0.25) is 0 Å². The molecule has 0 radical (unpaired) electrons. The minimum Gasteiger partial charge on any atom is -0.207 e. The molecule has 0 saturated carbocycles. The molecular weight excluding hydrogens is 454 g/mol. The van der Waals surface area contributed by atoms with Crippen LogP contribution in [-0.4, -0.2) is 23.0 Å². The maximum Gasteiger partial charge on any atom is 0.127 e. The van der Waals surface area contributed by atoms with Crippen LogP contribution in [0.25, 0.3) is 0 Å². The number of hydrogen-bond donors (Lipinski definition) is 0. The monoisotopic (exact) mass is 474 g/mol. The molecule has 0 bridgehead atoms. The van der Waals surface area contributed by atoms with Gasteiger partial charge >= 0.3 is 0 Å². The molecule has 126 valence electrons. The largest absolute Gasteiger partial charge is 0.207 e. The summed E-state index contributed by atoms with van der Waals surface area (Å²) < 4.78 is 28.9. The zero-order valence-corrected chi connectivity index (χ0v) is 17.4. The Morgan fingerprint density at radius 2 is 1.05 bits per heavy atom. The second kappa shape index (κ2) is 6.93. The van der Waals surface area contributed by atoms with Crippen molar-refractivity contribution >= 4 is 46.5 Å². The minimum absolute atomic E-state index is 0.219. The van der Waals surface area contributed by atoms with Gasteiger partial charge in [0.05, 0.1) is 0 Å². The van der Waals surface area contributed by atoms with Crippen molar-refractivity contribution < 1.29 is 8.78 Å². The fourth-order valence-corrected chi connectivity index (χ4v) is 13.0. The van der Waals surface area contributed by atoms with Crippen LogP contribution in [0.15, 0.2) is 12.1 Å². The zero-order chi connectivity index (χ0) is 15.8.